The van der Waals surface area contributed by atoms with Crippen LogP contribution in [0.25, 0.3) is 11.3 Å². The summed E-state index contributed by atoms with van der Waals surface area (Å²) in [5.41, 5.74) is 0.730. The van der Waals surface area contributed by atoms with Crippen molar-refractivity contribution in [2.45, 2.75) is 6.61 Å². The fourth-order valence-corrected chi connectivity index (χ4v) is 2.28. The summed E-state index contributed by atoms with van der Waals surface area (Å²) in [5, 5.41) is 15.4. The van der Waals surface area contributed by atoms with Crippen LogP contribution in [-0.4, -0.2) is 16.0 Å². The van der Waals surface area contributed by atoms with Gasteiger partial charge < -0.3 is 9.26 Å². The molecule has 0 atom stereocenters. The van der Waals surface area contributed by atoms with E-state index >= 15 is 0 Å². The Bertz CT molecular complexity index is 921. The van der Waals surface area contributed by atoms with Gasteiger partial charge in [0.25, 0.3) is 5.69 Å². The summed E-state index contributed by atoms with van der Waals surface area (Å²) in [4.78, 5) is 22.4. The van der Waals surface area contributed by atoms with Gasteiger partial charge in [-0.05, 0) is 30.3 Å². The zero-order chi connectivity index (χ0) is 17.8. The zero-order valence-corrected chi connectivity index (χ0v) is 13.5. The van der Waals surface area contributed by atoms with Crippen LogP contribution in [0.4, 0.5) is 5.69 Å². The molecular weight excluding hydrogens is 348 g/mol. The van der Waals surface area contributed by atoms with Crippen LogP contribution in [0.1, 0.15) is 16.1 Å². The van der Waals surface area contributed by atoms with Crippen molar-refractivity contribution in [2.24, 2.45) is 0 Å². The number of ether oxygens (including phenoxy) is 1. The minimum Gasteiger partial charge on any atom is -0.455 e. The molecule has 0 saturated heterocycles. The summed E-state index contributed by atoms with van der Waals surface area (Å²) < 4.78 is 10.3. The molecule has 0 aliphatic carbocycles. The topological polar surface area (TPSA) is 95.5 Å². The van der Waals surface area contributed by atoms with Gasteiger partial charge >= 0.3 is 5.97 Å². The summed E-state index contributed by atoms with van der Waals surface area (Å²) in [6, 6.07) is 14.2. The highest BCUT2D eigenvalue weighted by Gasteiger charge is 2.21. The van der Waals surface area contributed by atoms with Gasteiger partial charge in [-0.1, -0.05) is 28.9 Å². The maximum atomic E-state index is 12.1. The van der Waals surface area contributed by atoms with Crippen molar-refractivity contribution in [3.8, 4) is 11.3 Å². The summed E-state index contributed by atoms with van der Waals surface area (Å²) in [6.45, 7) is -0.165. The molecule has 7 nitrogen and oxygen atoms in total. The molecule has 0 unspecified atom stereocenters. The molecule has 0 fully saturated rings. The molecule has 0 spiro atoms. The molecule has 0 amide bonds. The second-order valence-corrected chi connectivity index (χ2v) is 5.48. The van der Waals surface area contributed by atoms with E-state index in [0.717, 1.165) is 5.56 Å². The van der Waals surface area contributed by atoms with Crippen LogP contribution in [-0.2, 0) is 11.3 Å². The van der Waals surface area contributed by atoms with E-state index in [2.05, 4.69) is 5.16 Å². The first-order chi connectivity index (χ1) is 12.0. The number of rotatable bonds is 5. The zero-order valence-electron chi connectivity index (χ0n) is 12.7. The summed E-state index contributed by atoms with van der Waals surface area (Å²) in [5.74, 6) is -0.309. The summed E-state index contributed by atoms with van der Waals surface area (Å²) >= 11 is 5.83. The van der Waals surface area contributed by atoms with Crippen molar-refractivity contribution in [1.82, 2.24) is 5.16 Å². The molecule has 0 aliphatic rings. The van der Waals surface area contributed by atoms with Gasteiger partial charge in [0.15, 0.2) is 5.76 Å². The number of nitro groups is 1. The van der Waals surface area contributed by atoms with Crippen LogP contribution in [0.2, 0.25) is 5.02 Å². The number of hydrogen-bond donors (Lipinski definition) is 0. The minimum atomic E-state index is -0.802. The molecule has 126 valence electrons. The number of carbonyl (C=O) groups excluding carboxylic acids is 1. The van der Waals surface area contributed by atoms with E-state index in [9.17, 15) is 14.9 Å². The van der Waals surface area contributed by atoms with E-state index in [1.807, 2.05) is 0 Å². The van der Waals surface area contributed by atoms with Crippen molar-refractivity contribution in [3.05, 3.63) is 81.0 Å². The van der Waals surface area contributed by atoms with Gasteiger partial charge in [-0.3, -0.25) is 10.1 Å². The number of aromatic nitrogens is 1. The first kappa shape index (κ1) is 16.7. The molecule has 0 aliphatic heterocycles. The Hall–Kier alpha value is -3.19. The number of carbonyl (C=O) groups is 1. The highest BCUT2D eigenvalue weighted by molar-refractivity contribution is 6.30. The lowest BCUT2D eigenvalue weighted by Gasteiger charge is -2.03. The lowest BCUT2D eigenvalue weighted by Crippen LogP contribution is -2.08. The Balaban J connectivity index is 1.69. The molecule has 0 saturated carbocycles. The minimum absolute atomic E-state index is 0.117. The Morgan fingerprint density at radius 3 is 2.64 bits per heavy atom. The van der Waals surface area contributed by atoms with E-state index in [4.69, 9.17) is 20.9 Å². The predicted octanol–water partition coefficient (Wildman–Crippen LogP) is 4.26. The smallest absolute Gasteiger partial charge is 0.345 e. The van der Waals surface area contributed by atoms with Crippen molar-refractivity contribution in [1.29, 1.82) is 0 Å². The van der Waals surface area contributed by atoms with Gasteiger partial charge in [-0.2, -0.15) is 0 Å². The number of para-hydroxylation sites is 1. The van der Waals surface area contributed by atoms with E-state index in [1.54, 1.807) is 30.3 Å². The van der Waals surface area contributed by atoms with E-state index < -0.39 is 10.9 Å². The molecule has 1 heterocycles. The molecule has 2 aromatic carbocycles. The third-order valence-electron chi connectivity index (χ3n) is 3.36. The first-order valence-electron chi connectivity index (χ1n) is 7.16. The molecule has 0 bridgehead atoms. The average Bonchev–Trinajstić information content (AvgIpc) is 3.09. The number of halogens is 1. The fourth-order valence-electron chi connectivity index (χ4n) is 2.15. The monoisotopic (exact) mass is 358 g/mol. The van der Waals surface area contributed by atoms with Crippen molar-refractivity contribution in [3.63, 3.8) is 0 Å². The van der Waals surface area contributed by atoms with Gasteiger partial charge in [0, 0.05) is 22.7 Å². The van der Waals surface area contributed by atoms with E-state index in [1.165, 1.54) is 24.3 Å². The molecule has 3 aromatic rings. The number of nitro benzene ring substituents is 1. The van der Waals surface area contributed by atoms with Crippen molar-refractivity contribution in [2.75, 3.05) is 0 Å². The summed E-state index contributed by atoms with van der Waals surface area (Å²) in [7, 11) is 0. The predicted molar refractivity (Wildman–Crippen MR) is 89.2 cm³/mol. The van der Waals surface area contributed by atoms with E-state index in [-0.39, 0.29) is 17.9 Å². The number of benzene rings is 2. The van der Waals surface area contributed by atoms with Crippen LogP contribution in [0.5, 0.6) is 0 Å². The normalized spacial score (nSPS) is 10.4. The average molecular weight is 359 g/mol. The Morgan fingerprint density at radius 1 is 1.20 bits per heavy atom. The maximum Gasteiger partial charge on any atom is 0.345 e. The van der Waals surface area contributed by atoms with Crippen molar-refractivity contribution < 1.29 is 19.0 Å². The van der Waals surface area contributed by atoms with Crippen LogP contribution < -0.4 is 0 Å². The lowest BCUT2D eigenvalue weighted by molar-refractivity contribution is -0.385. The molecule has 25 heavy (non-hydrogen) atoms. The molecule has 0 N–H and O–H groups in total. The largest absolute Gasteiger partial charge is 0.455 e. The lowest BCUT2D eigenvalue weighted by atomic mass is 10.1. The van der Waals surface area contributed by atoms with Crippen molar-refractivity contribution >= 4 is 23.3 Å². The van der Waals surface area contributed by atoms with Gasteiger partial charge in [-0.25, -0.2) is 4.79 Å². The third-order valence-corrected chi connectivity index (χ3v) is 3.61. The van der Waals surface area contributed by atoms with Crippen LogP contribution in [0, 0.1) is 10.1 Å². The quantitative estimate of drug-likeness (QED) is 0.384. The molecule has 3 rings (SSSR count). The molecular formula is C17H11ClN2O5. The fraction of sp³-hybridized carbons (Fsp3) is 0.0588. The highest BCUT2D eigenvalue weighted by Crippen LogP contribution is 2.23. The SMILES string of the molecule is O=C(OCc1cc(-c2ccc(Cl)cc2)on1)c1ccccc1[N+](=O)[O-]. The van der Waals surface area contributed by atoms with Gasteiger partial charge in [-0.15, -0.1) is 0 Å². The van der Waals surface area contributed by atoms with Crippen LogP contribution >= 0.6 is 11.6 Å². The Kier molecular flexibility index (Phi) is 4.76. The third kappa shape index (κ3) is 3.84. The van der Waals surface area contributed by atoms with E-state index in [0.29, 0.717) is 16.5 Å². The standard InChI is InChI=1S/C17H11ClN2O5/c18-12-7-5-11(6-8-12)16-9-13(19-25-16)10-24-17(21)14-3-1-2-4-15(14)20(22)23/h1-9H,10H2. The molecule has 8 heteroatoms. The summed E-state index contributed by atoms with van der Waals surface area (Å²) in [6.07, 6.45) is 0. The number of esters is 1. The Morgan fingerprint density at radius 2 is 1.92 bits per heavy atom. The first-order valence-corrected chi connectivity index (χ1v) is 7.54. The number of nitrogens with zero attached hydrogens (tertiary/aromatic N) is 2. The maximum absolute atomic E-state index is 12.1. The van der Waals surface area contributed by atoms with Gasteiger partial charge in [0.05, 0.1) is 4.92 Å². The van der Waals surface area contributed by atoms with Gasteiger partial charge in [0.2, 0.25) is 0 Å². The van der Waals surface area contributed by atoms with Crippen LogP contribution in [0.15, 0.2) is 59.1 Å². The Labute approximate surface area is 146 Å². The molecule has 0 radical (unpaired) electrons. The second kappa shape index (κ2) is 7.14. The van der Waals surface area contributed by atoms with Crippen LogP contribution in [0.3, 0.4) is 0 Å². The van der Waals surface area contributed by atoms with Gasteiger partial charge in [0.1, 0.15) is 17.9 Å². The molecule has 1 aromatic heterocycles. The highest BCUT2D eigenvalue weighted by atomic mass is 35.5. The second-order valence-electron chi connectivity index (χ2n) is 5.04. The number of hydrogen-bond acceptors (Lipinski definition) is 6.